The Labute approximate surface area is 154 Å². The zero-order chi connectivity index (χ0) is 19.6. The van der Waals surface area contributed by atoms with E-state index in [0.29, 0.717) is 5.69 Å². The third-order valence-corrected chi connectivity index (χ3v) is 3.14. The molecule has 0 fully saturated rings. The lowest BCUT2D eigenvalue weighted by atomic mass is 10.2. The van der Waals surface area contributed by atoms with Crippen LogP contribution in [0, 0.1) is 16.7 Å². The highest BCUT2D eigenvalue weighted by atomic mass is 16.2. The van der Waals surface area contributed by atoms with Gasteiger partial charge in [-0.15, -0.1) is 0 Å². The fraction of sp³-hybridized carbons (Fsp3) is 0. The maximum atomic E-state index is 12.3. The first-order valence-corrected chi connectivity index (χ1v) is 7.61. The van der Waals surface area contributed by atoms with Gasteiger partial charge in [0.25, 0.3) is 5.91 Å². The molecule has 10 heteroatoms. The van der Waals surface area contributed by atoms with Crippen LogP contribution in [0.5, 0.6) is 0 Å². The van der Waals surface area contributed by atoms with Gasteiger partial charge in [-0.05, 0) is 24.3 Å². The zero-order valence-corrected chi connectivity index (χ0v) is 14.0. The van der Waals surface area contributed by atoms with Gasteiger partial charge in [0.1, 0.15) is 6.07 Å². The molecule has 2 aromatic rings. The van der Waals surface area contributed by atoms with Crippen LogP contribution in [0.25, 0.3) is 0 Å². The number of amides is 3. The largest absolute Gasteiger partial charge is 0.382 e. The Morgan fingerprint density at radius 1 is 1.04 bits per heavy atom. The smallest absolute Gasteiger partial charge is 0.337 e. The molecular formula is C17H16N8O2. The van der Waals surface area contributed by atoms with Crippen molar-refractivity contribution in [3.8, 4) is 6.07 Å². The predicted molar refractivity (Wildman–Crippen MR) is 101 cm³/mol. The standard InChI is InChI=1S/C17H16N8O2/c18-10-14(15(19)20)23-22-13-9-5-4-8-12(13)16(26)24-25-17(27)21-11-6-2-1-3-7-11/h1-9,22H,(H3,19,20)(H,24,26)(H2,21,25,27)/b23-14+. The summed E-state index contributed by atoms with van der Waals surface area (Å²) in [6.07, 6.45) is 0. The summed E-state index contributed by atoms with van der Waals surface area (Å²) in [7, 11) is 0. The number of rotatable bonds is 5. The predicted octanol–water partition coefficient (Wildman–Crippen LogP) is 1.38. The molecule has 0 spiro atoms. The van der Waals surface area contributed by atoms with Gasteiger partial charge in [0.05, 0.1) is 11.3 Å². The number of carbonyl (C=O) groups excluding carboxylic acids is 2. The quantitative estimate of drug-likeness (QED) is 0.267. The van der Waals surface area contributed by atoms with Gasteiger partial charge >= 0.3 is 6.03 Å². The van der Waals surface area contributed by atoms with Crippen LogP contribution in [0.3, 0.4) is 0 Å². The van der Waals surface area contributed by atoms with Crippen molar-refractivity contribution in [2.75, 3.05) is 10.7 Å². The zero-order valence-electron chi connectivity index (χ0n) is 14.0. The summed E-state index contributed by atoms with van der Waals surface area (Å²) < 4.78 is 0. The second kappa shape index (κ2) is 9.19. The van der Waals surface area contributed by atoms with E-state index in [4.69, 9.17) is 16.4 Å². The highest BCUT2D eigenvalue weighted by Crippen LogP contribution is 2.14. The van der Waals surface area contributed by atoms with Crippen molar-refractivity contribution in [2.24, 2.45) is 10.8 Å². The molecular weight excluding hydrogens is 348 g/mol. The number of hydrogen-bond donors (Lipinski definition) is 6. The minimum absolute atomic E-state index is 0.155. The van der Waals surface area contributed by atoms with Crippen LogP contribution in [0.2, 0.25) is 0 Å². The molecule has 0 saturated carbocycles. The normalized spacial score (nSPS) is 10.3. The van der Waals surface area contributed by atoms with Gasteiger partial charge < -0.3 is 11.1 Å². The maximum Gasteiger partial charge on any atom is 0.337 e. The van der Waals surface area contributed by atoms with E-state index in [1.54, 1.807) is 48.5 Å². The third kappa shape index (κ3) is 5.57. The molecule has 0 saturated heterocycles. The molecule has 27 heavy (non-hydrogen) atoms. The maximum absolute atomic E-state index is 12.3. The molecule has 136 valence electrons. The first kappa shape index (κ1) is 18.9. The summed E-state index contributed by atoms with van der Waals surface area (Å²) in [4.78, 5) is 24.1. The van der Waals surface area contributed by atoms with Gasteiger partial charge in [-0.3, -0.25) is 21.1 Å². The number of hydrogen-bond acceptors (Lipinski definition) is 6. The van der Waals surface area contributed by atoms with E-state index in [9.17, 15) is 9.59 Å². The molecule has 0 atom stereocenters. The number of carbonyl (C=O) groups is 2. The number of anilines is 2. The molecule has 2 rings (SSSR count). The molecule has 7 N–H and O–H groups in total. The van der Waals surface area contributed by atoms with Crippen molar-refractivity contribution in [1.29, 1.82) is 10.7 Å². The number of amidine groups is 1. The number of hydrazone groups is 1. The lowest BCUT2D eigenvalue weighted by molar-refractivity contribution is 0.0938. The van der Waals surface area contributed by atoms with Crippen molar-refractivity contribution >= 4 is 34.9 Å². The summed E-state index contributed by atoms with van der Waals surface area (Å²) in [6.45, 7) is 0. The minimum atomic E-state index is -0.624. The topological polar surface area (TPSA) is 168 Å². The van der Waals surface area contributed by atoms with Gasteiger partial charge in [-0.25, -0.2) is 10.2 Å². The first-order chi connectivity index (χ1) is 13.0. The van der Waals surface area contributed by atoms with Crippen LogP contribution in [-0.4, -0.2) is 23.5 Å². The number of hydrazine groups is 1. The van der Waals surface area contributed by atoms with Crippen molar-refractivity contribution in [1.82, 2.24) is 10.9 Å². The Morgan fingerprint density at radius 3 is 2.37 bits per heavy atom. The molecule has 3 amide bonds. The van der Waals surface area contributed by atoms with Crippen LogP contribution in [-0.2, 0) is 0 Å². The number of para-hydroxylation sites is 2. The Kier molecular flexibility index (Phi) is 6.44. The van der Waals surface area contributed by atoms with Crippen molar-refractivity contribution < 1.29 is 9.59 Å². The number of nitrogens with one attached hydrogen (secondary N) is 5. The van der Waals surface area contributed by atoms with Gasteiger partial charge in [0, 0.05) is 5.69 Å². The monoisotopic (exact) mass is 364 g/mol. The summed E-state index contributed by atoms with van der Waals surface area (Å²) >= 11 is 0. The molecule has 0 aromatic heterocycles. The first-order valence-electron chi connectivity index (χ1n) is 7.61. The van der Waals surface area contributed by atoms with E-state index in [0.717, 1.165) is 0 Å². The number of nitrogens with zero attached hydrogens (tertiary/aromatic N) is 2. The molecule has 10 nitrogen and oxygen atoms in total. The van der Waals surface area contributed by atoms with Crippen LogP contribution in [0.1, 0.15) is 10.4 Å². The lowest BCUT2D eigenvalue weighted by Gasteiger charge is -2.11. The summed E-state index contributed by atoms with van der Waals surface area (Å²) in [5.41, 5.74) is 12.9. The fourth-order valence-electron chi connectivity index (χ4n) is 1.90. The van der Waals surface area contributed by atoms with Crippen LogP contribution < -0.4 is 27.3 Å². The van der Waals surface area contributed by atoms with Crippen LogP contribution in [0.15, 0.2) is 59.7 Å². The minimum Gasteiger partial charge on any atom is -0.382 e. The van der Waals surface area contributed by atoms with E-state index in [1.165, 1.54) is 12.1 Å². The Hall–Kier alpha value is -4.39. The lowest BCUT2D eigenvalue weighted by Crippen LogP contribution is -2.44. The second-order valence-corrected chi connectivity index (χ2v) is 5.04. The Bertz CT molecular complexity index is 918. The van der Waals surface area contributed by atoms with Crippen LogP contribution in [0.4, 0.5) is 16.2 Å². The van der Waals surface area contributed by atoms with Crippen molar-refractivity contribution in [3.63, 3.8) is 0 Å². The van der Waals surface area contributed by atoms with E-state index >= 15 is 0 Å². The second-order valence-electron chi connectivity index (χ2n) is 5.04. The molecule has 2 aromatic carbocycles. The molecule has 0 bridgehead atoms. The number of urea groups is 1. The average molecular weight is 364 g/mol. The Balaban J connectivity index is 2.01. The van der Waals surface area contributed by atoms with E-state index < -0.39 is 17.8 Å². The Morgan fingerprint density at radius 2 is 1.70 bits per heavy atom. The van der Waals surface area contributed by atoms with E-state index in [2.05, 4.69) is 26.7 Å². The number of benzene rings is 2. The molecule has 0 unspecified atom stereocenters. The summed E-state index contributed by atoms with van der Waals surface area (Å²) in [6, 6.07) is 16.0. The SMILES string of the molecule is N#C/C(=N\Nc1ccccc1C(=O)NNC(=O)Nc1ccccc1)C(=N)N. The highest BCUT2D eigenvalue weighted by molar-refractivity contribution is 6.45. The van der Waals surface area contributed by atoms with Gasteiger partial charge in [-0.1, -0.05) is 30.3 Å². The summed E-state index contributed by atoms with van der Waals surface area (Å²) in [5, 5.41) is 22.3. The molecule has 0 aliphatic heterocycles. The average Bonchev–Trinajstić information content (AvgIpc) is 2.67. The number of nitrogens with two attached hydrogens (primary N) is 1. The van der Waals surface area contributed by atoms with E-state index in [1.807, 2.05) is 0 Å². The van der Waals surface area contributed by atoms with E-state index in [-0.39, 0.29) is 17.0 Å². The highest BCUT2D eigenvalue weighted by Gasteiger charge is 2.12. The molecule has 0 radical (unpaired) electrons. The van der Waals surface area contributed by atoms with Crippen LogP contribution >= 0.6 is 0 Å². The summed E-state index contributed by atoms with van der Waals surface area (Å²) in [5.74, 6) is -1.12. The molecule has 0 aliphatic carbocycles. The van der Waals surface area contributed by atoms with Gasteiger partial charge in [-0.2, -0.15) is 10.4 Å². The molecule has 0 aliphatic rings. The fourth-order valence-corrected chi connectivity index (χ4v) is 1.90. The van der Waals surface area contributed by atoms with Gasteiger partial charge in [0.15, 0.2) is 5.84 Å². The van der Waals surface area contributed by atoms with Crippen molar-refractivity contribution in [3.05, 3.63) is 60.2 Å². The van der Waals surface area contributed by atoms with Crippen molar-refractivity contribution in [2.45, 2.75) is 0 Å². The third-order valence-electron chi connectivity index (χ3n) is 3.14. The van der Waals surface area contributed by atoms with Gasteiger partial charge in [0.2, 0.25) is 5.71 Å². The molecule has 0 heterocycles. The number of nitriles is 1.